The number of hydrogen-bond acceptors (Lipinski definition) is 4. The molecule has 0 aliphatic carbocycles. The van der Waals surface area contributed by atoms with Gasteiger partial charge in [0, 0.05) is 13.0 Å². The number of nitrogens with one attached hydrogen (secondary N) is 2. The average Bonchev–Trinajstić information content (AvgIpc) is 2.55. The molecule has 146 valence electrons. The van der Waals surface area contributed by atoms with E-state index in [-0.39, 0.29) is 24.3 Å². The molecule has 0 bridgehead atoms. The molecule has 0 spiro atoms. The molecule has 1 aromatic carbocycles. The number of carboxylic acids is 1. The first-order chi connectivity index (χ1) is 11.9. The van der Waals surface area contributed by atoms with Gasteiger partial charge in [0.25, 0.3) is 0 Å². The van der Waals surface area contributed by atoms with Crippen LogP contribution >= 0.6 is 0 Å². The van der Waals surface area contributed by atoms with Gasteiger partial charge >= 0.3 is 5.97 Å². The highest BCUT2D eigenvalue weighted by Gasteiger charge is 2.24. The first-order valence-corrected chi connectivity index (χ1v) is 10.0. The van der Waals surface area contributed by atoms with E-state index in [1.54, 1.807) is 20.8 Å². The van der Waals surface area contributed by atoms with Crippen molar-refractivity contribution in [3.8, 4) is 0 Å². The van der Waals surface area contributed by atoms with E-state index in [1.165, 1.54) is 0 Å². The van der Waals surface area contributed by atoms with Crippen LogP contribution < -0.4 is 10.0 Å². The lowest BCUT2D eigenvalue weighted by Crippen LogP contribution is -2.41. The molecule has 0 heterocycles. The zero-order valence-electron chi connectivity index (χ0n) is 16.2. The minimum atomic E-state index is -3.78. The van der Waals surface area contributed by atoms with Gasteiger partial charge in [-0.1, -0.05) is 6.92 Å². The van der Waals surface area contributed by atoms with Crippen molar-refractivity contribution in [3.63, 3.8) is 0 Å². The fraction of sp³-hybridized carbons (Fsp3) is 0.556. The third-order valence-electron chi connectivity index (χ3n) is 4.89. The second-order valence-corrected chi connectivity index (χ2v) is 8.17. The van der Waals surface area contributed by atoms with E-state index in [2.05, 4.69) is 10.0 Å². The minimum Gasteiger partial charge on any atom is -0.480 e. The topological polar surface area (TPSA) is 113 Å². The molecule has 1 unspecified atom stereocenters. The standard InChI is InChI=1S/C18H28N2O5S/c1-7-15(18(22)23)20-16(21)8-9-19-26(24,25)17-13(5)11(3)10(2)12(4)14(17)6/h15,19H,7-9H2,1-6H3,(H,20,21)(H,22,23). The van der Waals surface area contributed by atoms with Crippen LogP contribution in [0.3, 0.4) is 0 Å². The van der Waals surface area contributed by atoms with E-state index >= 15 is 0 Å². The zero-order chi connectivity index (χ0) is 20.2. The molecule has 0 aliphatic rings. The fourth-order valence-corrected chi connectivity index (χ4v) is 4.47. The van der Waals surface area contributed by atoms with Gasteiger partial charge in [-0.25, -0.2) is 17.9 Å². The van der Waals surface area contributed by atoms with Gasteiger partial charge in [0.1, 0.15) is 6.04 Å². The van der Waals surface area contributed by atoms with Crippen LogP contribution in [-0.2, 0) is 19.6 Å². The Bertz CT molecular complexity index is 786. The summed E-state index contributed by atoms with van der Waals surface area (Å²) < 4.78 is 27.9. The third-order valence-corrected chi connectivity index (χ3v) is 6.62. The third kappa shape index (κ3) is 4.82. The highest BCUT2D eigenvalue weighted by Crippen LogP contribution is 2.29. The highest BCUT2D eigenvalue weighted by molar-refractivity contribution is 7.89. The van der Waals surface area contributed by atoms with Gasteiger partial charge in [-0.15, -0.1) is 0 Å². The molecular formula is C18H28N2O5S. The molecule has 8 heteroatoms. The number of carbonyl (C=O) groups is 2. The number of hydrogen-bond donors (Lipinski definition) is 3. The second kappa shape index (κ2) is 8.64. The molecule has 0 fully saturated rings. The molecule has 1 aromatic rings. The minimum absolute atomic E-state index is 0.102. The van der Waals surface area contributed by atoms with Crippen molar-refractivity contribution in [2.45, 2.75) is 65.3 Å². The van der Waals surface area contributed by atoms with Gasteiger partial charge in [-0.2, -0.15) is 0 Å². The summed E-state index contributed by atoms with van der Waals surface area (Å²) in [5.41, 5.74) is 4.31. The molecular weight excluding hydrogens is 356 g/mol. The number of sulfonamides is 1. The number of aliphatic carboxylic acids is 1. The smallest absolute Gasteiger partial charge is 0.326 e. The van der Waals surface area contributed by atoms with Crippen molar-refractivity contribution in [1.29, 1.82) is 0 Å². The van der Waals surface area contributed by atoms with Crippen LogP contribution in [0, 0.1) is 34.6 Å². The first-order valence-electron chi connectivity index (χ1n) is 8.52. The molecule has 0 radical (unpaired) electrons. The Morgan fingerprint density at radius 3 is 1.85 bits per heavy atom. The van der Waals surface area contributed by atoms with Crippen LogP contribution in [-0.4, -0.2) is 38.0 Å². The van der Waals surface area contributed by atoms with E-state index in [4.69, 9.17) is 5.11 Å². The van der Waals surface area contributed by atoms with Crippen molar-refractivity contribution in [2.75, 3.05) is 6.54 Å². The number of rotatable bonds is 8. The number of carbonyl (C=O) groups excluding carboxylic acids is 1. The molecule has 7 nitrogen and oxygen atoms in total. The largest absolute Gasteiger partial charge is 0.480 e. The summed E-state index contributed by atoms with van der Waals surface area (Å²) in [5.74, 6) is -1.62. The Balaban J connectivity index is 2.89. The zero-order valence-corrected chi connectivity index (χ0v) is 17.0. The normalized spacial score (nSPS) is 12.7. The lowest BCUT2D eigenvalue weighted by atomic mass is 9.95. The van der Waals surface area contributed by atoms with E-state index in [9.17, 15) is 18.0 Å². The number of benzene rings is 1. The maximum atomic E-state index is 12.7. The molecule has 1 amide bonds. The Morgan fingerprint density at radius 1 is 0.962 bits per heavy atom. The molecule has 0 aromatic heterocycles. The summed E-state index contributed by atoms with van der Waals surface area (Å²) in [7, 11) is -3.78. The molecule has 0 saturated heterocycles. The molecule has 0 saturated carbocycles. The fourth-order valence-electron chi connectivity index (χ4n) is 2.84. The van der Waals surface area contributed by atoms with Crippen LogP contribution in [0.1, 0.15) is 47.6 Å². The predicted octanol–water partition coefficient (Wildman–Crippen LogP) is 1.88. The van der Waals surface area contributed by atoms with Crippen molar-refractivity contribution in [2.24, 2.45) is 0 Å². The predicted molar refractivity (Wildman–Crippen MR) is 99.8 cm³/mol. The van der Waals surface area contributed by atoms with Crippen molar-refractivity contribution >= 4 is 21.9 Å². The Hall–Kier alpha value is -1.93. The molecule has 26 heavy (non-hydrogen) atoms. The molecule has 3 N–H and O–H groups in total. The quantitative estimate of drug-likeness (QED) is 0.633. The Morgan fingerprint density at radius 2 is 1.42 bits per heavy atom. The van der Waals surface area contributed by atoms with Gasteiger partial charge in [0.15, 0.2) is 0 Å². The van der Waals surface area contributed by atoms with Gasteiger partial charge in [0.2, 0.25) is 15.9 Å². The van der Waals surface area contributed by atoms with Crippen molar-refractivity contribution in [1.82, 2.24) is 10.0 Å². The molecule has 1 rings (SSSR count). The summed E-state index contributed by atoms with van der Waals surface area (Å²) in [6.45, 7) is 10.8. The SMILES string of the molecule is CCC(NC(=O)CCNS(=O)(=O)c1c(C)c(C)c(C)c(C)c1C)C(=O)O. The van der Waals surface area contributed by atoms with Gasteiger partial charge in [-0.3, -0.25) is 4.79 Å². The lowest BCUT2D eigenvalue weighted by molar-refractivity contribution is -0.141. The lowest BCUT2D eigenvalue weighted by Gasteiger charge is -2.19. The van der Waals surface area contributed by atoms with Crippen molar-refractivity contribution in [3.05, 3.63) is 27.8 Å². The Kier molecular flexibility index (Phi) is 7.35. The van der Waals surface area contributed by atoms with E-state index in [1.807, 2.05) is 20.8 Å². The van der Waals surface area contributed by atoms with E-state index in [0.29, 0.717) is 11.1 Å². The van der Waals surface area contributed by atoms with Crippen LogP contribution in [0.25, 0.3) is 0 Å². The van der Waals surface area contributed by atoms with Crippen LogP contribution in [0.15, 0.2) is 4.90 Å². The number of carboxylic acid groups (broad SMARTS) is 1. The van der Waals surface area contributed by atoms with Crippen LogP contribution in [0.4, 0.5) is 0 Å². The van der Waals surface area contributed by atoms with Gasteiger partial charge in [-0.05, 0) is 68.9 Å². The number of amides is 1. The van der Waals surface area contributed by atoms with Crippen molar-refractivity contribution < 1.29 is 23.1 Å². The van der Waals surface area contributed by atoms with Crippen LogP contribution in [0.5, 0.6) is 0 Å². The summed E-state index contributed by atoms with van der Waals surface area (Å²) in [6, 6.07) is -0.967. The van der Waals surface area contributed by atoms with Gasteiger partial charge < -0.3 is 10.4 Å². The average molecular weight is 384 g/mol. The molecule has 1 atom stereocenters. The van der Waals surface area contributed by atoms with E-state index in [0.717, 1.165) is 16.7 Å². The monoisotopic (exact) mass is 384 g/mol. The summed E-state index contributed by atoms with van der Waals surface area (Å²) in [4.78, 5) is 23.0. The van der Waals surface area contributed by atoms with E-state index < -0.39 is 27.9 Å². The summed E-state index contributed by atoms with van der Waals surface area (Å²) in [5, 5.41) is 11.3. The maximum absolute atomic E-state index is 12.7. The second-order valence-electron chi connectivity index (χ2n) is 6.47. The summed E-state index contributed by atoms with van der Waals surface area (Å²) in [6.07, 6.45) is 0.123. The first kappa shape index (κ1) is 22.1. The summed E-state index contributed by atoms with van der Waals surface area (Å²) >= 11 is 0. The molecule has 0 aliphatic heterocycles. The van der Waals surface area contributed by atoms with Crippen LogP contribution in [0.2, 0.25) is 0 Å². The highest BCUT2D eigenvalue weighted by atomic mass is 32.2. The maximum Gasteiger partial charge on any atom is 0.326 e. The van der Waals surface area contributed by atoms with Gasteiger partial charge in [0.05, 0.1) is 4.90 Å². The Labute approximate surface area is 155 Å².